The molecule has 0 bridgehead atoms. The molecule has 1 fully saturated rings. The first-order chi connectivity index (χ1) is 17.3. The number of carboxylic acid groups (broad SMARTS) is 1. The Kier molecular flexibility index (Phi) is 8.44. The van der Waals surface area contributed by atoms with Crippen molar-refractivity contribution in [2.24, 2.45) is 0 Å². The first-order valence-corrected chi connectivity index (χ1v) is 11.8. The van der Waals surface area contributed by atoms with Crippen molar-refractivity contribution in [2.75, 3.05) is 25.2 Å². The molecule has 0 spiro atoms. The zero-order valence-corrected chi connectivity index (χ0v) is 21.8. The monoisotopic (exact) mass is 537 g/mol. The molecule has 3 amide bonds. The number of hydrazine groups is 1. The second-order valence-electron chi connectivity index (χ2n) is 9.15. The SMILES string of the molecule is CC(C)N(C)c1cc(C(=O)NNC(=O)c2cc(F)c(OCC3COC(C)(C)N3C(=O)O)cc2Cl)ccn1. The number of halogens is 2. The van der Waals surface area contributed by atoms with Crippen LogP contribution in [0.1, 0.15) is 48.4 Å². The van der Waals surface area contributed by atoms with E-state index in [9.17, 15) is 23.9 Å². The lowest BCUT2D eigenvalue weighted by Gasteiger charge is -2.30. The molecule has 3 N–H and O–H groups in total. The minimum absolute atomic E-state index is 0.0710. The summed E-state index contributed by atoms with van der Waals surface area (Å²) in [6.45, 7) is 7.03. The van der Waals surface area contributed by atoms with Gasteiger partial charge in [-0.3, -0.25) is 25.3 Å². The highest BCUT2D eigenvalue weighted by Gasteiger charge is 2.44. The summed E-state index contributed by atoms with van der Waals surface area (Å²) in [5.74, 6) is -2.03. The van der Waals surface area contributed by atoms with Crippen LogP contribution < -0.4 is 20.5 Å². The van der Waals surface area contributed by atoms with E-state index in [1.165, 1.54) is 12.3 Å². The first kappa shape index (κ1) is 27.9. The number of ether oxygens (including phenoxy) is 2. The number of carbonyl (C=O) groups is 3. The van der Waals surface area contributed by atoms with Gasteiger partial charge in [-0.25, -0.2) is 14.2 Å². The van der Waals surface area contributed by atoms with E-state index in [4.69, 9.17) is 21.1 Å². The zero-order valence-electron chi connectivity index (χ0n) is 21.0. The molecule has 1 aromatic heterocycles. The van der Waals surface area contributed by atoms with Gasteiger partial charge in [-0.2, -0.15) is 0 Å². The zero-order chi connectivity index (χ0) is 27.5. The highest BCUT2D eigenvalue weighted by atomic mass is 35.5. The van der Waals surface area contributed by atoms with Gasteiger partial charge in [0.05, 0.1) is 23.2 Å². The summed E-state index contributed by atoms with van der Waals surface area (Å²) in [6.07, 6.45) is 0.281. The molecule has 0 saturated carbocycles. The molecule has 11 nitrogen and oxygen atoms in total. The van der Waals surface area contributed by atoms with Gasteiger partial charge in [-0.15, -0.1) is 0 Å². The van der Waals surface area contributed by atoms with E-state index in [1.54, 1.807) is 19.9 Å². The highest BCUT2D eigenvalue weighted by Crippen LogP contribution is 2.30. The summed E-state index contributed by atoms with van der Waals surface area (Å²) in [4.78, 5) is 43.8. The van der Waals surface area contributed by atoms with Crippen molar-refractivity contribution in [3.05, 3.63) is 52.4 Å². The average Bonchev–Trinajstić information content (AvgIpc) is 3.16. The van der Waals surface area contributed by atoms with Crippen LogP contribution in [-0.4, -0.2) is 71.0 Å². The molecular formula is C24H29ClFN5O6. The molecule has 0 radical (unpaired) electrons. The van der Waals surface area contributed by atoms with Crippen molar-refractivity contribution in [1.82, 2.24) is 20.7 Å². The van der Waals surface area contributed by atoms with Crippen LogP contribution in [0.25, 0.3) is 0 Å². The normalized spacial score (nSPS) is 16.4. The van der Waals surface area contributed by atoms with Gasteiger partial charge in [0.1, 0.15) is 18.1 Å². The number of hydrogen-bond acceptors (Lipinski definition) is 7. The summed E-state index contributed by atoms with van der Waals surface area (Å²) in [5.41, 5.74) is 3.44. The molecule has 3 rings (SSSR count). The third-order valence-corrected chi connectivity index (χ3v) is 6.22. The number of amides is 3. The minimum atomic E-state index is -1.20. The Morgan fingerprint density at radius 2 is 1.97 bits per heavy atom. The third-order valence-electron chi connectivity index (χ3n) is 5.91. The number of nitrogens with one attached hydrogen (secondary N) is 2. The second-order valence-corrected chi connectivity index (χ2v) is 9.56. The number of carbonyl (C=O) groups excluding carboxylic acids is 2. The van der Waals surface area contributed by atoms with E-state index >= 15 is 0 Å². The molecule has 0 aliphatic carbocycles. The van der Waals surface area contributed by atoms with Gasteiger partial charge in [-0.05, 0) is 45.9 Å². The Morgan fingerprint density at radius 1 is 1.30 bits per heavy atom. The van der Waals surface area contributed by atoms with E-state index < -0.39 is 35.5 Å². The van der Waals surface area contributed by atoms with Gasteiger partial charge >= 0.3 is 6.09 Å². The Balaban J connectivity index is 1.63. The maximum Gasteiger partial charge on any atom is 0.410 e. The fraction of sp³-hybridized carbons (Fsp3) is 0.417. The molecule has 200 valence electrons. The lowest BCUT2D eigenvalue weighted by atomic mass is 10.2. The van der Waals surface area contributed by atoms with Crippen LogP contribution in [-0.2, 0) is 4.74 Å². The Bertz CT molecular complexity index is 1190. The molecule has 1 aliphatic heterocycles. The van der Waals surface area contributed by atoms with Crippen LogP contribution in [0.3, 0.4) is 0 Å². The van der Waals surface area contributed by atoms with Gasteiger partial charge in [0.15, 0.2) is 11.6 Å². The minimum Gasteiger partial charge on any atom is -0.488 e. The van der Waals surface area contributed by atoms with Crippen molar-refractivity contribution < 1.29 is 33.4 Å². The van der Waals surface area contributed by atoms with Gasteiger partial charge in [0.2, 0.25) is 0 Å². The van der Waals surface area contributed by atoms with Crippen molar-refractivity contribution >= 4 is 35.3 Å². The number of hydrogen-bond donors (Lipinski definition) is 3. The third kappa shape index (κ3) is 6.38. The van der Waals surface area contributed by atoms with E-state index in [-0.39, 0.29) is 41.2 Å². The molecule has 1 atom stereocenters. The summed E-state index contributed by atoms with van der Waals surface area (Å²) >= 11 is 6.17. The van der Waals surface area contributed by atoms with Crippen LogP contribution in [0.15, 0.2) is 30.5 Å². The summed E-state index contributed by atoms with van der Waals surface area (Å²) in [7, 11) is 1.84. The molecule has 37 heavy (non-hydrogen) atoms. The number of benzene rings is 1. The van der Waals surface area contributed by atoms with Crippen molar-refractivity contribution in [1.29, 1.82) is 0 Å². The summed E-state index contributed by atoms with van der Waals surface area (Å²) < 4.78 is 25.6. The lowest BCUT2D eigenvalue weighted by molar-refractivity contribution is -0.0430. The van der Waals surface area contributed by atoms with Crippen LogP contribution >= 0.6 is 11.6 Å². The second kappa shape index (κ2) is 11.2. The average molecular weight is 538 g/mol. The molecule has 1 aliphatic rings. The predicted octanol–water partition coefficient (Wildman–Crippen LogP) is 3.29. The fourth-order valence-corrected chi connectivity index (χ4v) is 3.90. The quantitative estimate of drug-likeness (QED) is 0.458. The molecular weight excluding hydrogens is 509 g/mol. The number of rotatable bonds is 7. The lowest BCUT2D eigenvalue weighted by Crippen LogP contribution is -2.49. The number of pyridine rings is 1. The van der Waals surface area contributed by atoms with Gasteiger partial charge in [-0.1, -0.05) is 11.6 Å². The van der Waals surface area contributed by atoms with E-state index in [1.807, 2.05) is 25.8 Å². The highest BCUT2D eigenvalue weighted by molar-refractivity contribution is 6.34. The molecule has 1 saturated heterocycles. The van der Waals surface area contributed by atoms with E-state index in [0.29, 0.717) is 5.82 Å². The fourth-order valence-electron chi connectivity index (χ4n) is 3.66. The standard InChI is InChI=1S/C24H29ClFN5O6/c1-13(2)30(5)20-8-14(6-7-27-20)21(32)28-29-22(33)16-9-18(26)19(10-17(16)25)36-11-15-12-37-24(3,4)31(15)23(34)35/h6-10,13,15H,11-12H2,1-5H3,(H,28,32)(H,29,33)(H,34,35). The van der Waals surface area contributed by atoms with Gasteiger partial charge < -0.3 is 19.5 Å². The van der Waals surface area contributed by atoms with E-state index in [2.05, 4.69) is 15.8 Å². The number of anilines is 1. The predicted molar refractivity (Wildman–Crippen MR) is 133 cm³/mol. The Morgan fingerprint density at radius 3 is 2.62 bits per heavy atom. The Labute approximate surface area is 218 Å². The smallest absolute Gasteiger partial charge is 0.410 e. The van der Waals surface area contributed by atoms with Crippen LogP contribution in [0.2, 0.25) is 5.02 Å². The Hall–Kier alpha value is -3.64. The molecule has 2 aromatic rings. The molecule has 2 heterocycles. The number of nitrogens with zero attached hydrogens (tertiary/aromatic N) is 3. The summed E-state index contributed by atoms with van der Waals surface area (Å²) in [5, 5.41) is 9.32. The van der Waals surface area contributed by atoms with E-state index in [0.717, 1.165) is 17.0 Å². The van der Waals surface area contributed by atoms with Crippen LogP contribution in [0, 0.1) is 5.82 Å². The molecule has 1 unspecified atom stereocenters. The maximum absolute atomic E-state index is 14.7. The molecule has 13 heteroatoms. The van der Waals surface area contributed by atoms with Crippen LogP contribution in [0.4, 0.5) is 15.0 Å². The first-order valence-electron chi connectivity index (χ1n) is 11.4. The van der Waals surface area contributed by atoms with Crippen LogP contribution in [0.5, 0.6) is 5.75 Å². The van der Waals surface area contributed by atoms with Gasteiger partial charge in [0, 0.05) is 30.9 Å². The summed E-state index contributed by atoms with van der Waals surface area (Å²) in [6, 6.07) is 4.52. The van der Waals surface area contributed by atoms with Crippen molar-refractivity contribution in [3.63, 3.8) is 0 Å². The van der Waals surface area contributed by atoms with Gasteiger partial charge in [0.25, 0.3) is 11.8 Å². The number of aromatic nitrogens is 1. The topological polar surface area (TPSA) is 133 Å². The molecule has 1 aromatic carbocycles. The largest absolute Gasteiger partial charge is 0.488 e. The maximum atomic E-state index is 14.7. The van der Waals surface area contributed by atoms with Crippen molar-refractivity contribution in [3.8, 4) is 5.75 Å². The van der Waals surface area contributed by atoms with Crippen molar-refractivity contribution in [2.45, 2.75) is 45.5 Å².